The van der Waals surface area contributed by atoms with Gasteiger partial charge in [0.05, 0.1) is 10.6 Å². The lowest BCUT2D eigenvalue weighted by atomic mass is 9.95. The van der Waals surface area contributed by atoms with Crippen molar-refractivity contribution in [1.29, 1.82) is 0 Å². The first-order chi connectivity index (χ1) is 14.5. The largest absolute Gasteiger partial charge is 0.474 e. The normalized spacial score (nSPS) is 12.6. The maximum atomic E-state index is 12.3. The Morgan fingerprint density at radius 1 is 1.13 bits per heavy atom. The average Bonchev–Trinajstić information content (AvgIpc) is 2.71. The second-order valence-electron chi connectivity index (χ2n) is 7.94. The van der Waals surface area contributed by atoms with Gasteiger partial charge in [-0.2, -0.15) is 5.10 Å². The van der Waals surface area contributed by atoms with Gasteiger partial charge in [-0.25, -0.2) is 5.43 Å². The van der Waals surface area contributed by atoms with Gasteiger partial charge in [0.15, 0.2) is 11.9 Å². The van der Waals surface area contributed by atoms with Gasteiger partial charge in [0, 0.05) is 17.2 Å². The van der Waals surface area contributed by atoms with Crippen LogP contribution in [0, 0.1) is 15.5 Å². The molecular weight excluding hydrogens is 400 g/mol. The van der Waals surface area contributed by atoms with Crippen LogP contribution in [-0.2, 0) is 9.59 Å². The summed E-state index contributed by atoms with van der Waals surface area (Å²) >= 11 is 0. The Morgan fingerprint density at radius 3 is 2.45 bits per heavy atom. The second kappa shape index (κ2) is 9.84. The van der Waals surface area contributed by atoms with Crippen molar-refractivity contribution >= 4 is 28.9 Å². The minimum absolute atomic E-state index is 0.00172. The average molecular weight is 426 g/mol. The molecule has 164 valence electrons. The van der Waals surface area contributed by atoms with Crippen molar-refractivity contribution in [3.05, 3.63) is 64.2 Å². The highest BCUT2D eigenvalue weighted by Gasteiger charge is 2.22. The summed E-state index contributed by atoms with van der Waals surface area (Å²) in [6.45, 7) is 8.64. The molecule has 1 unspecified atom stereocenters. The van der Waals surface area contributed by atoms with E-state index in [1.54, 1.807) is 37.3 Å². The molecule has 2 rings (SSSR count). The van der Waals surface area contributed by atoms with Crippen molar-refractivity contribution < 1.29 is 19.2 Å². The quantitative estimate of drug-likeness (QED) is 0.395. The molecule has 9 heteroatoms. The fourth-order valence-electron chi connectivity index (χ4n) is 2.39. The lowest BCUT2D eigenvalue weighted by molar-refractivity contribution is -0.386. The summed E-state index contributed by atoms with van der Waals surface area (Å²) in [6, 6.07) is 12.9. The van der Waals surface area contributed by atoms with Crippen molar-refractivity contribution in [2.45, 2.75) is 40.7 Å². The molecule has 0 fully saturated rings. The maximum Gasteiger partial charge on any atom is 0.310 e. The molecule has 0 heterocycles. The highest BCUT2D eigenvalue weighted by atomic mass is 16.6. The van der Waals surface area contributed by atoms with Crippen LogP contribution in [0.4, 0.5) is 11.4 Å². The molecule has 0 saturated heterocycles. The number of nitro groups is 1. The molecule has 0 saturated carbocycles. The summed E-state index contributed by atoms with van der Waals surface area (Å²) in [5.41, 5.74) is 3.48. The van der Waals surface area contributed by atoms with E-state index in [9.17, 15) is 19.7 Å². The van der Waals surface area contributed by atoms with E-state index in [4.69, 9.17) is 4.74 Å². The number of hydrogen-bond acceptors (Lipinski definition) is 6. The molecule has 0 aliphatic heterocycles. The Hall–Kier alpha value is -3.75. The number of hydrogen-bond donors (Lipinski definition) is 2. The number of ether oxygens (including phenoxy) is 1. The first-order valence-electron chi connectivity index (χ1n) is 9.65. The van der Waals surface area contributed by atoms with Crippen LogP contribution in [0.2, 0.25) is 0 Å². The summed E-state index contributed by atoms with van der Waals surface area (Å²) < 4.78 is 5.43. The zero-order valence-electron chi connectivity index (χ0n) is 18.1. The van der Waals surface area contributed by atoms with Gasteiger partial charge in [-0.15, -0.1) is 0 Å². The van der Waals surface area contributed by atoms with Gasteiger partial charge in [0.2, 0.25) is 5.91 Å². The van der Waals surface area contributed by atoms with Gasteiger partial charge < -0.3 is 10.1 Å². The maximum absolute atomic E-state index is 12.3. The molecule has 31 heavy (non-hydrogen) atoms. The molecule has 1 atom stereocenters. The van der Waals surface area contributed by atoms with Crippen molar-refractivity contribution in [3.63, 3.8) is 0 Å². The van der Waals surface area contributed by atoms with E-state index in [1.165, 1.54) is 25.1 Å². The number of nitro benzene ring substituents is 1. The summed E-state index contributed by atoms with van der Waals surface area (Å²) in [7, 11) is 0. The molecule has 0 aromatic heterocycles. The third-order valence-corrected chi connectivity index (χ3v) is 4.29. The summed E-state index contributed by atoms with van der Waals surface area (Å²) in [6.07, 6.45) is -1.00. The van der Waals surface area contributed by atoms with Crippen LogP contribution in [0.3, 0.4) is 0 Å². The summed E-state index contributed by atoms with van der Waals surface area (Å²) in [5, 5.41) is 18.0. The van der Waals surface area contributed by atoms with E-state index in [0.29, 0.717) is 17.0 Å². The third-order valence-electron chi connectivity index (χ3n) is 4.29. The van der Waals surface area contributed by atoms with Gasteiger partial charge in [-0.1, -0.05) is 45.0 Å². The molecule has 0 aliphatic rings. The summed E-state index contributed by atoms with van der Waals surface area (Å²) in [4.78, 5) is 35.0. The van der Waals surface area contributed by atoms with Gasteiger partial charge >= 0.3 is 5.69 Å². The van der Waals surface area contributed by atoms with Gasteiger partial charge in [-0.05, 0) is 37.6 Å². The van der Waals surface area contributed by atoms with E-state index in [-0.39, 0.29) is 17.3 Å². The zero-order valence-corrected chi connectivity index (χ0v) is 18.1. The lowest BCUT2D eigenvalue weighted by Gasteiger charge is -2.18. The number of rotatable bonds is 7. The van der Waals surface area contributed by atoms with E-state index in [2.05, 4.69) is 15.8 Å². The molecule has 0 radical (unpaired) electrons. The van der Waals surface area contributed by atoms with Crippen LogP contribution in [-0.4, -0.2) is 28.6 Å². The van der Waals surface area contributed by atoms with Crippen LogP contribution < -0.4 is 15.5 Å². The van der Waals surface area contributed by atoms with Gasteiger partial charge in [-0.3, -0.25) is 19.7 Å². The summed E-state index contributed by atoms with van der Waals surface area (Å²) in [5.74, 6) is -0.679. The van der Waals surface area contributed by atoms with Crippen LogP contribution in [0.15, 0.2) is 53.6 Å². The van der Waals surface area contributed by atoms with Gasteiger partial charge in [0.25, 0.3) is 5.91 Å². The number of amides is 2. The number of nitrogens with one attached hydrogen (secondary N) is 2. The van der Waals surface area contributed by atoms with Crippen molar-refractivity contribution in [2.24, 2.45) is 10.5 Å². The standard InChI is InChI=1S/C22H26N4O5/c1-14(16-9-8-10-17(13-16)23-21(28)22(3,4)5)24-25-20(27)15(2)31-19-12-7-6-11-18(19)26(29)30/h6-13,15H,1-5H3,(H,23,28)(H,25,27)/b24-14+. The van der Waals surface area contributed by atoms with Crippen LogP contribution in [0.25, 0.3) is 0 Å². The Morgan fingerprint density at radius 2 is 1.81 bits per heavy atom. The molecule has 2 aromatic carbocycles. The number of nitrogens with zero attached hydrogens (tertiary/aromatic N) is 2. The fourth-order valence-corrected chi connectivity index (χ4v) is 2.39. The molecule has 0 bridgehead atoms. The Bertz CT molecular complexity index is 1010. The molecule has 0 aliphatic carbocycles. The Labute approximate surface area is 180 Å². The predicted molar refractivity (Wildman–Crippen MR) is 118 cm³/mol. The zero-order chi connectivity index (χ0) is 23.2. The third kappa shape index (κ3) is 6.63. The van der Waals surface area contributed by atoms with Crippen LogP contribution in [0.5, 0.6) is 5.75 Å². The number of para-hydroxylation sites is 2. The van der Waals surface area contributed by atoms with E-state index in [1.807, 2.05) is 20.8 Å². The molecule has 2 N–H and O–H groups in total. The Kier molecular flexibility index (Phi) is 7.47. The highest BCUT2D eigenvalue weighted by molar-refractivity contribution is 6.01. The first kappa shape index (κ1) is 23.5. The number of anilines is 1. The van der Waals surface area contributed by atoms with Crippen LogP contribution >= 0.6 is 0 Å². The first-order valence-corrected chi connectivity index (χ1v) is 9.65. The monoisotopic (exact) mass is 426 g/mol. The number of carbonyl (C=O) groups excluding carboxylic acids is 2. The molecule has 0 spiro atoms. The van der Waals surface area contributed by atoms with Crippen molar-refractivity contribution in [3.8, 4) is 5.75 Å². The fraction of sp³-hybridized carbons (Fsp3) is 0.318. The minimum Gasteiger partial charge on any atom is -0.474 e. The second-order valence-corrected chi connectivity index (χ2v) is 7.94. The minimum atomic E-state index is -1.00. The molecule has 2 amide bonds. The predicted octanol–water partition coefficient (Wildman–Crippen LogP) is 3.89. The number of carbonyl (C=O) groups is 2. The lowest BCUT2D eigenvalue weighted by Crippen LogP contribution is -2.34. The van der Waals surface area contributed by atoms with E-state index >= 15 is 0 Å². The highest BCUT2D eigenvalue weighted by Crippen LogP contribution is 2.26. The van der Waals surface area contributed by atoms with E-state index in [0.717, 1.165) is 0 Å². The topological polar surface area (TPSA) is 123 Å². The number of benzene rings is 2. The van der Waals surface area contributed by atoms with Crippen LogP contribution in [0.1, 0.15) is 40.2 Å². The van der Waals surface area contributed by atoms with Crippen molar-refractivity contribution in [1.82, 2.24) is 5.43 Å². The molecule has 9 nitrogen and oxygen atoms in total. The SMILES string of the molecule is C/C(=N\NC(=O)C(C)Oc1ccccc1[N+](=O)[O-])c1cccc(NC(=O)C(C)(C)C)c1. The smallest absolute Gasteiger partial charge is 0.310 e. The number of hydrazone groups is 1. The van der Waals surface area contributed by atoms with E-state index < -0.39 is 22.3 Å². The Balaban J connectivity index is 2.05. The van der Waals surface area contributed by atoms with Crippen molar-refractivity contribution in [2.75, 3.05) is 5.32 Å². The van der Waals surface area contributed by atoms with Gasteiger partial charge in [0.1, 0.15) is 0 Å². The molecule has 2 aromatic rings. The molecular formula is C22H26N4O5.